The zero-order chi connectivity index (χ0) is 16.7. The summed E-state index contributed by atoms with van der Waals surface area (Å²) in [5, 5.41) is 6.38. The molecule has 0 radical (unpaired) electrons. The predicted molar refractivity (Wildman–Crippen MR) is 73.7 cm³/mol. The number of aromatic nitrogens is 2. The Bertz CT molecular complexity index is 622. The van der Waals surface area contributed by atoms with Crippen molar-refractivity contribution in [3.05, 3.63) is 23.8 Å². The highest BCUT2D eigenvalue weighted by atomic mass is 19.4. The number of halogens is 3. The van der Waals surface area contributed by atoms with Crippen LogP contribution in [-0.2, 0) is 6.42 Å². The van der Waals surface area contributed by atoms with Crippen molar-refractivity contribution in [3.8, 4) is 0 Å². The number of alkyl halides is 3. The van der Waals surface area contributed by atoms with E-state index < -0.39 is 11.8 Å². The van der Waals surface area contributed by atoms with Gasteiger partial charge in [-0.25, -0.2) is 9.97 Å². The lowest BCUT2D eigenvalue weighted by Crippen LogP contribution is -2.36. The summed E-state index contributed by atoms with van der Waals surface area (Å²) in [6.45, 7) is 2.60. The predicted octanol–water partition coefficient (Wildman–Crippen LogP) is 2.62. The van der Waals surface area contributed by atoms with E-state index >= 15 is 0 Å². The van der Waals surface area contributed by atoms with E-state index in [1.807, 2.05) is 6.92 Å². The molecule has 1 atom stereocenters. The molecule has 2 aliphatic heterocycles. The van der Waals surface area contributed by atoms with Gasteiger partial charge in [0.2, 0.25) is 5.82 Å². The molecule has 3 rings (SSSR count). The van der Waals surface area contributed by atoms with Gasteiger partial charge >= 0.3 is 6.18 Å². The van der Waals surface area contributed by atoms with E-state index in [1.54, 1.807) is 12.4 Å². The molecule has 0 saturated carbocycles. The number of carbonyl (C=O) groups is 1. The first-order valence-electron chi connectivity index (χ1n) is 7.45. The second-order valence-electron chi connectivity index (χ2n) is 5.89. The summed E-state index contributed by atoms with van der Waals surface area (Å²) in [7, 11) is 0. The standard InChI is InChI=1S/C14H16F3N5O/c1-2-9-6-18-11(19-7-9)12(23)22-4-3-10(8-22)5-13(20-21-13)14(15,16)17/h6-7,10H,2-5,8H2,1H3. The monoisotopic (exact) mass is 327 g/mol. The van der Waals surface area contributed by atoms with Crippen LogP contribution in [0.25, 0.3) is 0 Å². The summed E-state index contributed by atoms with van der Waals surface area (Å²) in [5.74, 6) is -0.541. The zero-order valence-electron chi connectivity index (χ0n) is 12.5. The lowest BCUT2D eigenvalue weighted by atomic mass is 9.96. The van der Waals surface area contributed by atoms with Gasteiger partial charge in [-0.1, -0.05) is 6.92 Å². The summed E-state index contributed by atoms with van der Waals surface area (Å²) in [4.78, 5) is 21.9. The minimum atomic E-state index is -4.45. The van der Waals surface area contributed by atoms with Crippen LogP contribution in [0.15, 0.2) is 22.6 Å². The molecule has 0 N–H and O–H groups in total. The number of nitrogens with zero attached hydrogens (tertiary/aromatic N) is 5. The molecule has 3 heterocycles. The molecule has 1 unspecified atom stereocenters. The lowest BCUT2D eigenvalue weighted by Gasteiger charge is -2.19. The van der Waals surface area contributed by atoms with Crippen LogP contribution in [0.1, 0.15) is 35.9 Å². The summed E-state index contributed by atoms with van der Waals surface area (Å²) < 4.78 is 38.6. The van der Waals surface area contributed by atoms with Crippen molar-refractivity contribution in [2.24, 2.45) is 16.1 Å². The molecule has 1 aromatic rings. The molecule has 0 spiro atoms. The Morgan fingerprint density at radius 2 is 2.00 bits per heavy atom. The first-order chi connectivity index (χ1) is 10.8. The van der Waals surface area contributed by atoms with Crippen LogP contribution >= 0.6 is 0 Å². The minimum Gasteiger partial charge on any atom is -0.336 e. The normalized spacial score (nSPS) is 22.4. The Morgan fingerprint density at radius 3 is 2.52 bits per heavy atom. The number of amides is 1. The van der Waals surface area contributed by atoms with Crippen molar-refractivity contribution in [3.63, 3.8) is 0 Å². The largest absolute Gasteiger partial charge is 0.437 e. The topological polar surface area (TPSA) is 70.8 Å². The first-order valence-corrected chi connectivity index (χ1v) is 7.45. The van der Waals surface area contributed by atoms with Gasteiger partial charge in [0.05, 0.1) is 0 Å². The van der Waals surface area contributed by atoms with Gasteiger partial charge in [0.1, 0.15) is 0 Å². The third-order valence-electron chi connectivity index (χ3n) is 4.25. The Labute approximate surface area is 130 Å². The number of aryl methyl sites for hydroxylation is 1. The fraction of sp³-hybridized carbons (Fsp3) is 0.643. The van der Waals surface area contributed by atoms with Crippen LogP contribution in [0.3, 0.4) is 0 Å². The molecule has 1 amide bonds. The minimum absolute atomic E-state index is 0.0779. The number of likely N-dealkylation sites (tertiary alicyclic amines) is 1. The molecule has 0 aliphatic carbocycles. The van der Waals surface area contributed by atoms with E-state index in [9.17, 15) is 18.0 Å². The Hall–Kier alpha value is -2.06. The van der Waals surface area contributed by atoms with Gasteiger partial charge in [0.25, 0.3) is 11.6 Å². The number of carbonyl (C=O) groups excluding carboxylic acids is 1. The number of hydrogen-bond acceptors (Lipinski definition) is 5. The third-order valence-corrected chi connectivity index (χ3v) is 4.25. The van der Waals surface area contributed by atoms with Crippen molar-refractivity contribution >= 4 is 5.91 Å². The molecular formula is C14H16F3N5O. The summed E-state index contributed by atoms with van der Waals surface area (Å²) in [6.07, 6.45) is -0.198. The molecule has 23 heavy (non-hydrogen) atoms. The maximum Gasteiger partial charge on any atom is 0.437 e. The van der Waals surface area contributed by atoms with Crippen LogP contribution in [0.5, 0.6) is 0 Å². The van der Waals surface area contributed by atoms with E-state index in [0.29, 0.717) is 13.0 Å². The number of rotatable bonds is 4. The molecule has 0 aromatic carbocycles. The van der Waals surface area contributed by atoms with E-state index in [2.05, 4.69) is 20.2 Å². The van der Waals surface area contributed by atoms with E-state index in [4.69, 9.17) is 0 Å². The molecule has 2 aliphatic rings. The highest BCUT2D eigenvalue weighted by molar-refractivity contribution is 5.90. The summed E-state index contributed by atoms with van der Waals surface area (Å²) in [6, 6.07) is 0. The Kier molecular flexibility index (Phi) is 3.81. The molecule has 0 bridgehead atoms. The quantitative estimate of drug-likeness (QED) is 0.853. The van der Waals surface area contributed by atoms with Crippen LogP contribution in [0, 0.1) is 5.92 Å². The maximum absolute atomic E-state index is 12.9. The maximum atomic E-state index is 12.9. The van der Waals surface area contributed by atoms with Crippen molar-refractivity contribution in [2.75, 3.05) is 13.1 Å². The number of hydrogen-bond donors (Lipinski definition) is 0. The SMILES string of the molecule is CCc1cnc(C(=O)N2CCC(CC3(C(F)(F)F)N=N3)C2)nc1. The highest BCUT2D eigenvalue weighted by Gasteiger charge is 2.64. The Balaban J connectivity index is 1.60. The Morgan fingerprint density at radius 1 is 1.35 bits per heavy atom. The second kappa shape index (κ2) is 5.54. The van der Waals surface area contributed by atoms with Crippen LogP contribution in [0.4, 0.5) is 13.2 Å². The molecule has 9 heteroatoms. The molecule has 1 fully saturated rings. The van der Waals surface area contributed by atoms with Gasteiger partial charge in [-0.15, -0.1) is 10.2 Å². The second-order valence-corrected chi connectivity index (χ2v) is 5.89. The van der Waals surface area contributed by atoms with Gasteiger partial charge in [-0.2, -0.15) is 13.2 Å². The van der Waals surface area contributed by atoms with Crippen molar-refractivity contribution in [1.29, 1.82) is 0 Å². The molecule has 1 saturated heterocycles. The fourth-order valence-electron chi connectivity index (χ4n) is 2.75. The van der Waals surface area contributed by atoms with Crippen LogP contribution in [0.2, 0.25) is 0 Å². The van der Waals surface area contributed by atoms with Crippen LogP contribution in [-0.4, -0.2) is 45.7 Å². The van der Waals surface area contributed by atoms with E-state index in [-0.39, 0.29) is 30.6 Å². The molecular weight excluding hydrogens is 311 g/mol. The average molecular weight is 327 g/mol. The van der Waals surface area contributed by atoms with Gasteiger partial charge in [0, 0.05) is 31.9 Å². The zero-order valence-corrected chi connectivity index (χ0v) is 12.5. The van der Waals surface area contributed by atoms with Gasteiger partial charge in [0.15, 0.2) is 0 Å². The molecule has 6 nitrogen and oxygen atoms in total. The van der Waals surface area contributed by atoms with Gasteiger partial charge in [-0.3, -0.25) is 4.79 Å². The molecule has 1 aromatic heterocycles. The third kappa shape index (κ3) is 3.04. The fourth-order valence-corrected chi connectivity index (χ4v) is 2.75. The van der Waals surface area contributed by atoms with Gasteiger partial charge in [-0.05, 0) is 24.3 Å². The highest BCUT2D eigenvalue weighted by Crippen LogP contribution is 2.49. The summed E-state index contributed by atoms with van der Waals surface area (Å²) in [5.41, 5.74) is -1.32. The first kappa shape index (κ1) is 15.8. The van der Waals surface area contributed by atoms with Gasteiger partial charge < -0.3 is 4.90 Å². The summed E-state index contributed by atoms with van der Waals surface area (Å²) >= 11 is 0. The molecule has 124 valence electrons. The average Bonchev–Trinajstić information content (AvgIpc) is 3.17. The smallest absolute Gasteiger partial charge is 0.336 e. The van der Waals surface area contributed by atoms with Crippen molar-refractivity contribution in [1.82, 2.24) is 14.9 Å². The van der Waals surface area contributed by atoms with Crippen molar-refractivity contribution < 1.29 is 18.0 Å². The van der Waals surface area contributed by atoms with E-state index in [1.165, 1.54) is 4.90 Å². The van der Waals surface area contributed by atoms with Crippen molar-refractivity contribution in [2.45, 2.75) is 38.0 Å². The lowest BCUT2D eigenvalue weighted by molar-refractivity contribution is -0.167. The van der Waals surface area contributed by atoms with Crippen LogP contribution < -0.4 is 0 Å². The van der Waals surface area contributed by atoms with E-state index in [0.717, 1.165) is 12.0 Å².